The maximum absolute atomic E-state index is 14.7. The molecule has 2 unspecified atom stereocenters. The summed E-state index contributed by atoms with van der Waals surface area (Å²) in [5.74, 6) is 0.941. The standard InChI is InChI=1S/C42H62O4/c1-36(2,3)28-14-12-27(13-15-28)26-46-33-17-18-40(8)32(37(33,4)5)16-19-42(10)34(40)31(43)24-29-30-25-39(7,35(44)45-11)21-20-38(30,6)22-23-41(29,42)9/h12-15,24,30,32-34H,16-23,25-26H2,1-11H3/t30-,32?,33-,34+,38+,39-,40?,41+,42+/m0/s1. The lowest BCUT2D eigenvalue weighted by Crippen LogP contribution is -2.66. The Labute approximate surface area is 279 Å². The van der Waals surface area contributed by atoms with Gasteiger partial charge in [-0.15, -0.1) is 0 Å². The minimum absolute atomic E-state index is 0.0117. The second-order valence-electron chi connectivity index (χ2n) is 19.4. The number of hydrogen-bond donors (Lipinski definition) is 0. The topological polar surface area (TPSA) is 52.6 Å². The van der Waals surface area contributed by atoms with Crippen LogP contribution in [0.1, 0.15) is 138 Å². The largest absolute Gasteiger partial charge is 0.469 e. The summed E-state index contributed by atoms with van der Waals surface area (Å²) >= 11 is 0. The molecule has 1 aromatic rings. The summed E-state index contributed by atoms with van der Waals surface area (Å²) in [4.78, 5) is 27.7. The number of carbonyl (C=O) groups excluding carboxylic acids is 2. The van der Waals surface area contributed by atoms with Gasteiger partial charge >= 0.3 is 5.97 Å². The minimum Gasteiger partial charge on any atom is -0.469 e. The van der Waals surface area contributed by atoms with Gasteiger partial charge in [-0.25, -0.2) is 0 Å². The Morgan fingerprint density at radius 2 is 1.52 bits per heavy atom. The Hall–Kier alpha value is -1.94. The lowest BCUT2D eigenvalue weighted by atomic mass is 9.33. The van der Waals surface area contributed by atoms with Gasteiger partial charge in [-0.05, 0) is 126 Å². The van der Waals surface area contributed by atoms with Crippen molar-refractivity contribution in [3.05, 3.63) is 47.0 Å². The number of rotatable bonds is 4. The van der Waals surface area contributed by atoms with Crippen molar-refractivity contribution in [3.63, 3.8) is 0 Å². The Morgan fingerprint density at radius 3 is 2.15 bits per heavy atom. The van der Waals surface area contributed by atoms with E-state index < -0.39 is 5.41 Å². The highest BCUT2D eigenvalue weighted by Crippen LogP contribution is 2.75. The third kappa shape index (κ3) is 4.84. The fourth-order valence-electron chi connectivity index (χ4n) is 12.2. The predicted molar refractivity (Wildman–Crippen MR) is 185 cm³/mol. The fraction of sp³-hybridized carbons (Fsp3) is 0.762. The van der Waals surface area contributed by atoms with Gasteiger partial charge in [0, 0.05) is 5.92 Å². The summed E-state index contributed by atoms with van der Waals surface area (Å²) in [6.07, 6.45) is 11.5. The van der Waals surface area contributed by atoms with Gasteiger partial charge in [-0.1, -0.05) is 92.2 Å². The van der Waals surface area contributed by atoms with Crippen molar-refractivity contribution in [2.75, 3.05) is 7.11 Å². The van der Waals surface area contributed by atoms with Gasteiger partial charge in [0.15, 0.2) is 5.78 Å². The van der Waals surface area contributed by atoms with Crippen molar-refractivity contribution in [3.8, 4) is 0 Å². The van der Waals surface area contributed by atoms with E-state index in [2.05, 4.69) is 99.6 Å². The molecule has 1 aromatic carbocycles. The zero-order valence-electron chi connectivity index (χ0n) is 30.9. The van der Waals surface area contributed by atoms with E-state index in [1.165, 1.54) is 23.8 Å². The molecule has 0 amide bonds. The number of benzene rings is 1. The van der Waals surface area contributed by atoms with E-state index in [4.69, 9.17) is 9.47 Å². The second-order valence-corrected chi connectivity index (χ2v) is 19.4. The van der Waals surface area contributed by atoms with E-state index in [9.17, 15) is 9.59 Å². The van der Waals surface area contributed by atoms with Gasteiger partial charge < -0.3 is 9.47 Å². The van der Waals surface area contributed by atoms with Crippen molar-refractivity contribution in [2.45, 2.75) is 145 Å². The molecule has 0 heterocycles. The highest BCUT2D eigenvalue weighted by atomic mass is 16.5. The molecule has 254 valence electrons. The third-order valence-electron chi connectivity index (χ3n) is 15.5. The smallest absolute Gasteiger partial charge is 0.311 e. The van der Waals surface area contributed by atoms with Crippen LogP contribution in [-0.4, -0.2) is 25.0 Å². The van der Waals surface area contributed by atoms with Gasteiger partial charge in [0.25, 0.3) is 0 Å². The first kappa shape index (κ1) is 33.9. The average Bonchev–Trinajstić information content (AvgIpc) is 2.97. The van der Waals surface area contributed by atoms with Crippen molar-refractivity contribution in [1.82, 2.24) is 0 Å². The highest BCUT2D eigenvalue weighted by Gasteiger charge is 2.70. The van der Waals surface area contributed by atoms with Crippen molar-refractivity contribution in [1.29, 1.82) is 0 Å². The van der Waals surface area contributed by atoms with Gasteiger partial charge in [0.2, 0.25) is 0 Å². The molecule has 9 atom stereocenters. The van der Waals surface area contributed by atoms with Crippen LogP contribution >= 0.6 is 0 Å². The first-order valence-corrected chi connectivity index (χ1v) is 18.3. The van der Waals surface area contributed by atoms with Crippen molar-refractivity contribution < 1.29 is 19.1 Å². The first-order chi connectivity index (χ1) is 21.3. The quantitative estimate of drug-likeness (QED) is 0.311. The van der Waals surface area contributed by atoms with E-state index in [-0.39, 0.29) is 56.4 Å². The third-order valence-corrected chi connectivity index (χ3v) is 15.5. The molecule has 0 aliphatic heterocycles. The van der Waals surface area contributed by atoms with Gasteiger partial charge in [0.05, 0.1) is 25.2 Å². The number of esters is 1. The Morgan fingerprint density at radius 1 is 0.870 bits per heavy atom. The number of allylic oxidation sites excluding steroid dienone is 2. The molecule has 0 aromatic heterocycles. The van der Waals surface area contributed by atoms with E-state index in [0.717, 1.165) is 57.8 Å². The fourth-order valence-corrected chi connectivity index (χ4v) is 12.2. The van der Waals surface area contributed by atoms with Crippen LogP contribution in [0.4, 0.5) is 0 Å². The van der Waals surface area contributed by atoms with Crippen molar-refractivity contribution >= 4 is 11.8 Å². The van der Waals surface area contributed by atoms with Crippen LogP contribution in [0.5, 0.6) is 0 Å². The molecule has 0 N–H and O–H groups in total. The highest BCUT2D eigenvalue weighted by molar-refractivity contribution is 5.95. The molecular weight excluding hydrogens is 568 g/mol. The number of methoxy groups -OCH3 is 1. The molecule has 0 saturated heterocycles. The number of hydrogen-bond acceptors (Lipinski definition) is 4. The number of carbonyl (C=O) groups is 2. The van der Waals surface area contributed by atoms with Crippen molar-refractivity contribution in [2.24, 2.45) is 50.2 Å². The van der Waals surface area contributed by atoms with Crippen LogP contribution in [0.15, 0.2) is 35.9 Å². The molecule has 5 aliphatic carbocycles. The van der Waals surface area contributed by atoms with Crippen LogP contribution in [0.25, 0.3) is 0 Å². The minimum atomic E-state index is -0.487. The molecule has 0 bridgehead atoms. The van der Waals surface area contributed by atoms with E-state index in [1.54, 1.807) is 0 Å². The Kier molecular flexibility index (Phi) is 7.95. The molecule has 0 radical (unpaired) electrons. The summed E-state index contributed by atoms with van der Waals surface area (Å²) in [5, 5.41) is 0. The predicted octanol–water partition coefficient (Wildman–Crippen LogP) is 10.0. The monoisotopic (exact) mass is 630 g/mol. The molecule has 5 aliphatic rings. The SMILES string of the molecule is COC(=O)[C@@]1(C)CC[C@]2(C)CC[C@]3(C)C(=CC(=O)[C@@H]4C5(C)CC[C@H](OCc6ccc(C(C)(C)C)cc6)C(C)(C)C5CC[C@]43C)[C@@H]2C1. The normalized spacial score (nSPS) is 43.4. The summed E-state index contributed by atoms with van der Waals surface area (Å²) in [6.45, 7) is 24.2. The van der Waals surface area contributed by atoms with Crippen LogP contribution in [0.3, 0.4) is 0 Å². The molecule has 46 heavy (non-hydrogen) atoms. The Bertz CT molecular complexity index is 1410. The molecule has 4 fully saturated rings. The summed E-state index contributed by atoms with van der Waals surface area (Å²) < 4.78 is 12.1. The molecular formula is C42H62O4. The molecule has 0 spiro atoms. The van der Waals surface area contributed by atoms with E-state index in [0.29, 0.717) is 18.3 Å². The average molecular weight is 631 g/mol. The number of ether oxygens (including phenoxy) is 2. The first-order valence-electron chi connectivity index (χ1n) is 18.3. The molecule has 4 heteroatoms. The summed E-state index contributed by atoms with van der Waals surface area (Å²) in [5.41, 5.74) is 3.49. The van der Waals surface area contributed by atoms with E-state index >= 15 is 0 Å². The van der Waals surface area contributed by atoms with Gasteiger partial charge in [-0.3, -0.25) is 9.59 Å². The van der Waals surface area contributed by atoms with Gasteiger partial charge in [0.1, 0.15) is 0 Å². The van der Waals surface area contributed by atoms with Crippen LogP contribution in [-0.2, 0) is 31.1 Å². The lowest BCUT2D eigenvalue weighted by Gasteiger charge is -2.70. The molecule has 4 saturated carbocycles. The zero-order chi connectivity index (χ0) is 33.7. The molecule has 6 rings (SSSR count). The zero-order valence-corrected chi connectivity index (χ0v) is 30.9. The number of fused-ring (bicyclic) bond motifs is 7. The lowest BCUT2D eigenvalue weighted by molar-refractivity contribution is -0.211. The van der Waals surface area contributed by atoms with Crippen LogP contribution < -0.4 is 0 Å². The maximum atomic E-state index is 14.7. The molecule has 4 nitrogen and oxygen atoms in total. The van der Waals surface area contributed by atoms with Gasteiger partial charge in [-0.2, -0.15) is 0 Å². The van der Waals surface area contributed by atoms with E-state index in [1.807, 2.05) is 0 Å². The second kappa shape index (κ2) is 10.8. The van der Waals surface area contributed by atoms with Crippen LogP contribution in [0, 0.1) is 50.2 Å². The summed E-state index contributed by atoms with van der Waals surface area (Å²) in [7, 11) is 1.52. The Balaban J connectivity index is 1.28. The maximum Gasteiger partial charge on any atom is 0.311 e. The van der Waals surface area contributed by atoms with Crippen LogP contribution in [0.2, 0.25) is 0 Å². The summed E-state index contributed by atoms with van der Waals surface area (Å²) in [6, 6.07) is 8.95. The number of ketones is 1.